The quantitative estimate of drug-likeness (QED) is 0.831. The number of carbonyl (C=O) groups excluding carboxylic acids is 1. The number of anilines is 1. The van der Waals surface area contributed by atoms with Gasteiger partial charge in [0, 0.05) is 28.6 Å². The van der Waals surface area contributed by atoms with Gasteiger partial charge in [-0.1, -0.05) is 0 Å². The van der Waals surface area contributed by atoms with E-state index >= 15 is 0 Å². The third kappa shape index (κ3) is 4.57. The highest BCUT2D eigenvalue weighted by Gasteiger charge is 2.04. The second-order valence-corrected chi connectivity index (χ2v) is 5.72. The van der Waals surface area contributed by atoms with Crippen molar-refractivity contribution in [3.8, 4) is 5.75 Å². The predicted octanol–water partition coefficient (Wildman–Crippen LogP) is 3.27. The Balaban J connectivity index is 1.72. The van der Waals surface area contributed by atoms with E-state index in [1.54, 1.807) is 25.1 Å². The third-order valence-corrected chi connectivity index (χ3v) is 4.04. The molecule has 1 N–H and O–H groups in total. The average molecular weight is 294 g/mol. The number of benzene rings is 1. The minimum absolute atomic E-state index is 0.00374. The Kier molecular flexibility index (Phi) is 5.23. The van der Waals surface area contributed by atoms with E-state index in [4.69, 9.17) is 4.74 Å². The van der Waals surface area contributed by atoms with Crippen molar-refractivity contribution in [1.82, 2.24) is 4.98 Å². The van der Waals surface area contributed by atoms with Crippen molar-refractivity contribution in [2.75, 3.05) is 18.2 Å². The summed E-state index contributed by atoms with van der Waals surface area (Å²) < 4.78 is 5.09. The van der Waals surface area contributed by atoms with E-state index in [0.29, 0.717) is 11.6 Å². The van der Waals surface area contributed by atoms with E-state index in [2.05, 4.69) is 10.3 Å². The van der Waals surface area contributed by atoms with Gasteiger partial charge < -0.3 is 10.1 Å². The van der Waals surface area contributed by atoms with Gasteiger partial charge in [0.25, 0.3) is 0 Å². The van der Waals surface area contributed by atoms with Crippen molar-refractivity contribution >= 4 is 34.1 Å². The van der Waals surface area contributed by atoms with E-state index in [-0.39, 0.29) is 5.91 Å². The molecule has 0 spiro atoms. The minimum atomic E-state index is -0.00374. The molecule has 100 valence electrons. The molecule has 2 aromatic rings. The number of nitrogens with zero attached hydrogens (tertiary/aromatic N) is 1. The van der Waals surface area contributed by atoms with Gasteiger partial charge in [-0.25, -0.2) is 4.98 Å². The Morgan fingerprint density at radius 1 is 1.42 bits per heavy atom. The van der Waals surface area contributed by atoms with Crippen molar-refractivity contribution in [3.05, 3.63) is 35.8 Å². The molecule has 6 heteroatoms. The number of nitrogens with one attached hydrogen (secondary N) is 1. The van der Waals surface area contributed by atoms with E-state index in [9.17, 15) is 4.79 Å². The van der Waals surface area contributed by atoms with Crippen molar-refractivity contribution < 1.29 is 9.53 Å². The molecule has 0 aliphatic rings. The average Bonchev–Trinajstić information content (AvgIpc) is 2.92. The largest absolute Gasteiger partial charge is 0.497 e. The number of thioether (sulfide) groups is 1. The van der Waals surface area contributed by atoms with Crippen LogP contribution in [-0.4, -0.2) is 23.8 Å². The smallest absolute Gasteiger partial charge is 0.226 e. The lowest BCUT2D eigenvalue weighted by atomic mass is 10.3. The molecule has 0 bridgehead atoms. The first-order valence-electron chi connectivity index (χ1n) is 5.74. The van der Waals surface area contributed by atoms with E-state index < -0.39 is 0 Å². The Morgan fingerprint density at radius 2 is 2.21 bits per heavy atom. The summed E-state index contributed by atoms with van der Waals surface area (Å²) in [5, 5.41) is 5.25. The highest BCUT2D eigenvalue weighted by atomic mass is 32.2. The predicted molar refractivity (Wildman–Crippen MR) is 79.1 cm³/mol. The minimum Gasteiger partial charge on any atom is -0.497 e. The Morgan fingerprint density at radius 3 is 2.84 bits per heavy atom. The molecule has 1 heterocycles. The maximum absolute atomic E-state index is 11.6. The van der Waals surface area contributed by atoms with E-state index in [0.717, 1.165) is 16.4 Å². The molecule has 1 aromatic heterocycles. The maximum atomic E-state index is 11.6. The zero-order valence-electron chi connectivity index (χ0n) is 10.5. The second kappa shape index (κ2) is 7.16. The number of hydrogen-bond donors (Lipinski definition) is 1. The van der Waals surface area contributed by atoms with Crippen LogP contribution in [0.3, 0.4) is 0 Å². The van der Waals surface area contributed by atoms with Crippen LogP contribution in [0, 0.1) is 0 Å². The van der Waals surface area contributed by atoms with Crippen LogP contribution in [0.4, 0.5) is 5.13 Å². The number of methoxy groups -OCH3 is 1. The van der Waals surface area contributed by atoms with Gasteiger partial charge in [0.15, 0.2) is 5.13 Å². The van der Waals surface area contributed by atoms with Crippen molar-refractivity contribution in [2.45, 2.75) is 11.3 Å². The summed E-state index contributed by atoms with van der Waals surface area (Å²) in [7, 11) is 1.64. The molecule has 0 atom stereocenters. The van der Waals surface area contributed by atoms with E-state index in [1.165, 1.54) is 11.3 Å². The summed E-state index contributed by atoms with van der Waals surface area (Å²) in [4.78, 5) is 16.8. The van der Waals surface area contributed by atoms with Crippen LogP contribution in [0.15, 0.2) is 40.7 Å². The molecule has 1 aromatic carbocycles. The number of rotatable bonds is 6. The number of carbonyl (C=O) groups is 1. The SMILES string of the molecule is COc1ccc(SCCC(=O)Nc2nccs2)cc1. The molecule has 19 heavy (non-hydrogen) atoms. The normalized spacial score (nSPS) is 10.2. The van der Waals surface area contributed by atoms with E-state index in [1.807, 2.05) is 29.6 Å². The third-order valence-electron chi connectivity index (χ3n) is 2.34. The maximum Gasteiger partial charge on any atom is 0.226 e. The molecule has 0 aliphatic heterocycles. The van der Waals surface area contributed by atoms with Gasteiger partial charge in [-0.05, 0) is 24.3 Å². The van der Waals surface area contributed by atoms with Gasteiger partial charge >= 0.3 is 0 Å². The van der Waals surface area contributed by atoms with Crippen LogP contribution in [-0.2, 0) is 4.79 Å². The summed E-state index contributed by atoms with van der Waals surface area (Å²) in [5.74, 6) is 1.57. The lowest BCUT2D eigenvalue weighted by Gasteiger charge is -2.03. The van der Waals surface area contributed by atoms with Crippen LogP contribution < -0.4 is 10.1 Å². The summed E-state index contributed by atoms with van der Waals surface area (Å²) in [6.45, 7) is 0. The molecule has 2 rings (SSSR count). The van der Waals surface area contributed by atoms with Gasteiger partial charge in [-0.3, -0.25) is 4.79 Å². The monoisotopic (exact) mass is 294 g/mol. The second-order valence-electron chi connectivity index (χ2n) is 3.66. The van der Waals surface area contributed by atoms with Crippen LogP contribution in [0.2, 0.25) is 0 Å². The van der Waals surface area contributed by atoms with Crippen LogP contribution in [0.5, 0.6) is 5.75 Å². The molecule has 4 nitrogen and oxygen atoms in total. The lowest BCUT2D eigenvalue weighted by molar-refractivity contribution is -0.115. The molecule has 0 aliphatic carbocycles. The molecule has 0 fully saturated rings. The van der Waals surface area contributed by atoms with Crippen molar-refractivity contribution in [1.29, 1.82) is 0 Å². The highest BCUT2D eigenvalue weighted by molar-refractivity contribution is 7.99. The van der Waals surface area contributed by atoms with Gasteiger partial charge in [0.2, 0.25) is 5.91 Å². The zero-order chi connectivity index (χ0) is 13.5. The first-order chi connectivity index (χ1) is 9.28. The van der Waals surface area contributed by atoms with Crippen LogP contribution >= 0.6 is 23.1 Å². The molecule has 0 saturated heterocycles. The van der Waals surface area contributed by atoms with Crippen LogP contribution in [0.1, 0.15) is 6.42 Å². The Bertz CT molecular complexity index is 512. The molecule has 0 radical (unpaired) electrons. The fourth-order valence-electron chi connectivity index (χ4n) is 1.40. The van der Waals surface area contributed by atoms with Gasteiger partial charge in [0.1, 0.15) is 5.75 Å². The van der Waals surface area contributed by atoms with Crippen LogP contribution in [0.25, 0.3) is 0 Å². The molecular weight excluding hydrogens is 280 g/mol. The standard InChI is InChI=1S/C13H14N2O2S2/c1-17-10-2-4-11(5-3-10)18-8-6-12(16)15-13-14-7-9-19-13/h2-5,7,9H,6,8H2,1H3,(H,14,15,16). The van der Waals surface area contributed by atoms with Crippen molar-refractivity contribution in [2.24, 2.45) is 0 Å². The first-order valence-corrected chi connectivity index (χ1v) is 7.60. The molecule has 0 unspecified atom stereocenters. The number of hydrogen-bond acceptors (Lipinski definition) is 5. The molecule has 1 amide bonds. The number of aromatic nitrogens is 1. The van der Waals surface area contributed by atoms with Gasteiger partial charge in [-0.15, -0.1) is 23.1 Å². The van der Waals surface area contributed by atoms with Crippen molar-refractivity contribution in [3.63, 3.8) is 0 Å². The lowest BCUT2D eigenvalue weighted by Crippen LogP contribution is -2.11. The number of thiazole rings is 1. The summed E-state index contributed by atoms with van der Waals surface area (Å²) >= 11 is 3.07. The zero-order valence-corrected chi connectivity index (χ0v) is 12.1. The fourth-order valence-corrected chi connectivity index (χ4v) is 2.80. The highest BCUT2D eigenvalue weighted by Crippen LogP contribution is 2.22. The van der Waals surface area contributed by atoms with Gasteiger partial charge in [0.05, 0.1) is 7.11 Å². The first kappa shape index (κ1) is 13.9. The molecular formula is C13H14N2O2S2. The topological polar surface area (TPSA) is 51.2 Å². The number of ether oxygens (including phenoxy) is 1. The fraction of sp³-hybridized carbons (Fsp3) is 0.231. The summed E-state index contributed by atoms with van der Waals surface area (Å²) in [6, 6.07) is 7.81. The Labute approximate surface area is 120 Å². The molecule has 0 saturated carbocycles. The summed E-state index contributed by atoms with van der Waals surface area (Å²) in [6.07, 6.45) is 2.14. The Hall–Kier alpha value is -1.53. The summed E-state index contributed by atoms with van der Waals surface area (Å²) in [5.41, 5.74) is 0. The number of amides is 1. The van der Waals surface area contributed by atoms with Gasteiger partial charge in [-0.2, -0.15) is 0 Å².